The van der Waals surface area contributed by atoms with Gasteiger partial charge in [0.05, 0.1) is 22.8 Å². The summed E-state index contributed by atoms with van der Waals surface area (Å²) in [7, 11) is 0. The fraction of sp³-hybridized carbons (Fsp3) is 0.138. The van der Waals surface area contributed by atoms with Gasteiger partial charge < -0.3 is 7.43 Å². The molecule has 0 aromatic heterocycles. The van der Waals surface area contributed by atoms with Gasteiger partial charge in [-0.15, -0.1) is 0 Å². The molecular formula is C29H25Br2N2Ni+. The zero-order chi connectivity index (χ0) is 22.6. The molecule has 5 rings (SSSR count). The Labute approximate surface area is 228 Å². The molecule has 0 radical (unpaired) electrons. The molecule has 0 saturated heterocycles. The second kappa shape index (κ2) is 10.3. The fourth-order valence-electron chi connectivity index (χ4n) is 4.60. The maximum atomic E-state index is 5.25. The number of halogens is 2. The van der Waals surface area contributed by atoms with Gasteiger partial charge in [0, 0.05) is 25.5 Å². The first-order valence-corrected chi connectivity index (χ1v) is 12.2. The number of hydrogen-bond donors (Lipinski definition) is 0. The minimum Gasteiger partial charge on any atom is -0.358 e. The standard InChI is InChI=1S/C28H22Br2N2.CH3.Ni/c1-15-11-20(29)12-16(2)25(15)31-27-22-9-5-7-19-8-6-10-23(24(19)22)28(27)32-26-17(3)13-21(30)14-18(26)4;;/h5-14H,1-4H3;1H3;/q;-1;+2. The second-order valence-electron chi connectivity index (χ2n) is 8.41. The average molecular weight is 620 g/mol. The minimum absolute atomic E-state index is 0. The van der Waals surface area contributed by atoms with E-state index in [4.69, 9.17) is 9.98 Å². The molecule has 5 heteroatoms. The van der Waals surface area contributed by atoms with Crippen LogP contribution in [0.5, 0.6) is 0 Å². The van der Waals surface area contributed by atoms with Crippen LogP contribution in [-0.4, -0.2) is 11.4 Å². The third kappa shape index (κ3) is 4.58. The van der Waals surface area contributed by atoms with Gasteiger partial charge in [-0.25, -0.2) is 9.98 Å². The average Bonchev–Trinajstić information content (AvgIpc) is 3.02. The van der Waals surface area contributed by atoms with Gasteiger partial charge in [-0.2, -0.15) is 0 Å². The molecule has 0 aliphatic heterocycles. The molecule has 0 atom stereocenters. The fourth-order valence-corrected chi connectivity index (χ4v) is 5.97. The van der Waals surface area contributed by atoms with Crippen LogP contribution >= 0.6 is 31.9 Å². The summed E-state index contributed by atoms with van der Waals surface area (Å²) in [6.45, 7) is 8.44. The van der Waals surface area contributed by atoms with Crippen LogP contribution < -0.4 is 0 Å². The van der Waals surface area contributed by atoms with Crippen LogP contribution in [0.15, 0.2) is 79.6 Å². The van der Waals surface area contributed by atoms with E-state index in [1.54, 1.807) is 0 Å². The van der Waals surface area contributed by atoms with E-state index in [0.717, 1.165) is 65.1 Å². The molecule has 0 amide bonds. The Morgan fingerprint density at radius 1 is 0.588 bits per heavy atom. The van der Waals surface area contributed by atoms with Crippen LogP contribution in [0, 0.1) is 35.1 Å². The number of aryl methyl sites for hydroxylation is 4. The Morgan fingerprint density at radius 3 is 1.29 bits per heavy atom. The summed E-state index contributed by atoms with van der Waals surface area (Å²) in [5.74, 6) is 0. The third-order valence-electron chi connectivity index (χ3n) is 6.00. The van der Waals surface area contributed by atoms with Crippen LogP contribution in [0.2, 0.25) is 0 Å². The van der Waals surface area contributed by atoms with E-state index in [-0.39, 0.29) is 23.9 Å². The van der Waals surface area contributed by atoms with Crippen LogP contribution in [0.25, 0.3) is 10.8 Å². The van der Waals surface area contributed by atoms with Crippen molar-refractivity contribution in [3.8, 4) is 0 Å². The SMILES string of the molecule is Cc1cc(Br)cc(C)c1N=C1C(=Nc2c(C)cc(Br)cc2C)c2cccc3cccc1c23.[CH3-].[Ni+2]. The zero-order valence-corrected chi connectivity index (χ0v) is 23.9. The van der Waals surface area contributed by atoms with Gasteiger partial charge in [-0.3, -0.25) is 0 Å². The molecule has 34 heavy (non-hydrogen) atoms. The molecule has 174 valence electrons. The van der Waals surface area contributed by atoms with Gasteiger partial charge in [-0.1, -0.05) is 68.3 Å². The molecule has 2 nitrogen and oxygen atoms in total. The first-order valence-electron chi connectivity index (χ1n) is 10.6. The molecule has 4 aromatic carbocycles. The number of aliphatic imine (C=N–C) groups is 2. The van der Waals surface area contributed by atoms with E-state index >= 15 is 0 Å². The summed E-state index contributed by atoms with van der Waals surface area (Å²) < 4.78 is 2.14. The molecular weight excluding hydrogens is 595 g/mol. The quantitative estimate of drug-likeness (QED) is 0.158. The third-order valence-corrected chi connectivity index (χ3v) is 6.91. The van der Waals surface area contributed by atoms with E-state index in [9.17, 15) is 0 Å². The van der Waals surface area contributed by atoms with Crippen LogP contribution in [0.4, 0.5) is 11.4 Å². The summed E-state index contributed by atoms with van der Waals surface area (Å²) in [4.78, 5) is 10.5. The van der Waals surface area contributed by atoms with Gasteiger partial charge in [-0.05, 0) is 79.6 Å². The van der Waals surface area contributed by atoms with E-state index in [1.807, 2.05) is 0 Å². The first-order chi connectivity index (χ1) is 15.3. The maximum absolute atomic E-state index is 5.25. The predicted octanol–water partition coefficient (Wildman–Crippen LogP) is 9.30. The Hall–Kier alpha value is -2.07. The number of benzene rings is 4. The first kappa shape index (κ1) is 26.5. The van der Waals surface area contributed by atoms with Gasteiger partial charge in [0.25, 0.3) is 0 Å². The molecule has 4 aromatic rings. The smallest absolute Gasteiger partial charge is 0.358 e. The Kier molecular flexibility index (Phi) is 8.02. The Balaban J connectivity index is 0.00000162. The molecule has 0 fully saturated rings. The monoisotopic (exact) mass is 617 g/mol. The number of hydrogen-bond acceptors (Lipinski definition) is 2. The maximum Gasteiger partial charge on any atom is 2.00 e. The summed E-state index contributed by atoms with van der Waals surface area (Å²) in [6, 6.07) is 21.3. The van der Waals surface area contributed by atoms with Crippen molar-refractivity contribution in [2.24, 2.45) is 9.98 Å². The summed E-state index contributed by atoms with van der Waals surface area (Å²) in [6.07, 6.45) is 0. The van der Waals surface area contributed by atoms with Crippen molar-refractivity contribution in [2.75, 3.05) is 0 Å². The molecule has 0 spiro atoms. The van der Waals surface area contributed by atoms with Crippen molar-refractivity contribution in [1.29, 1.82) is 0 Å². The molecule has 0 N–H and O–H groups in total. The molecule has 0 bridgehead atoms. The van der Waals surface area contributed by atoms with Crippen molar-refractivity contribution in [3.63, 3.8) is 0 Å². The van der Waals surface area contributed by atoms with Crippen molar-refractivity contribution in [2.45, 2.75) is 27.7 Å². The predicted molar refractivity (Wildman–Crippen MR) is 150 cm³/mol. The molecule has 0 heterocycles. The van der Waals surface area contributed by atoms with Gasteiger partial charge in [0.1, 0.15) is 0 Å². The Bertz CT molecular complexity index is 1330. The van der Waals surface area contributed by atoms with E-state index in [2.05, 4.69) is 120 Å². The van der Waals surface area contributed by atoms with Crippen LogP contribution in [0.3, 0.4) is 0 Å². The normalized spacial score (nSPS) is 14.4. The number of nitrogens with zero attached hydrogens (tertiary/aromatic N) is 2. The Morgan fingerprint density at radius 2 is 0.941 bits per heavy atom. The zero-order valence-electron chi connectivity index (χ0n) is 19.7. The van der Waals surface area contributed by atoms with Gasteiger partial charge >= 0.3 is 16.5 Å². The summed E-state index contributed by atoms with van der Waals surface area (Å²) in [5, 5.41) is 2.44. The van der Waals surface area contributed by atoms with E-state index in [1.165, 1.54) is 10.8 Å². The second-order valence-corrected chi connectivity index (χ2v) is 10.2. The van der Waals surface area contributed by atoms with Gasteiger partial charge in [0.2, 0.25) is 0 Å². The topological polar surface area (TPSA) is 24.7 Å². The van der Waals surface area contributed by atoms with Crippen molar-refractivity contribution < 1.29 is 16.5 Å². The largest absolute Gasteiger partial charge is 2.00 e. The molecule has 0 unspecified atom stereocenters. The molecule has 1 aliphatic carbocycles. The van der Waals surface area contributed by atoms with Crippen molar-refractivity contribution in [1.82, 2.24) is 0 Å². The van der Waals surface area contributed by atoms with E-state index in [0.29, 0.717) is 0 Å². The van der Waals surface area contributed by atoms with Gasteiger partial charge in [0.15, 0.2) is 0 Å². The van der Waals surface area contributed by atoms with Crippen molar-refractivity contribution >= 4 is 65.4 Å². The van der Waals surface area contributed by atoms with Crippen molar-refractivity contribution in [3.05, 3.63) is 110 Å². The summed E-state index contributed by atoms with van der Waals surface area (Å²) >= 11 is 7.22. The van der Waals surface area contributed by atoms with Crippen LogP contribution in [0.1, 0.15) is 33.4 Å². The minimum atomic E-state index is 0. The molecule has 0 saturated carbocycles. The number of rotatable bonds is 2. The molecule has 1 aliphatic rings. The summed E-state index contributed by atoms with van der Waals surface area (Å²) in [5.41, 5.74) is 10.7. The van der Waals surface area contributed by atoms with E-state index < -0.39 is 0 Å². The van der Waals surface area contributed by atoms with Crippen LogP contribution in [-0.2, 0) is 16.5 Å².